The summed E-state index contributed by atoms with van der Waals surface area (Å²) >= 11 is 0. The molecule has 0 aliphatic heterocycles. The number of hydrogen-bond acceptors (Lipinski definition) is 2. The summed E-state index contributed by atoms with van der Waals surface area (Å²) in [5.41, 5.74) is 0.0417. The molecule has 0 N–H and O–H groups in total. The number of para-hydroxylation sites is 1. The molecule has 0 aliphatic rings. The lowest BCUT2D eigenvalue weighted by Crippen LogP contribution is -2.15. The van der Waals surface area contributed by atoms with Gasteiger partial charge in [-0.25, -0.2) is 0 Å². The van der Waals surface area contributed by atoms with E-state index in [4.69, 9.17) is 9.47 Å². The van der Waals surface area contributed by atoms with Crippen molar-refractivity contribution in [2.24, 2.45) is 0 Å². The number of hydrogen-bond donors (Lipinski definition) is 0. The fraction of sp³-hybridized carbons (Fsp3) is 0.500. The van der Waals surface area contributed by atoms with Gasteiger partial charge in [0.2, 0.25) is 0 Å². The van der Waals surface area contributed by atoms with Crippen molar-refractivity contribution < 1.29 is 9.47 Å². The fourth-order valence-corrected chi connectivity index (χ4v) is 0.557. The van der Waals surface area contributed by atoms with E-state index in [1.165, 1.54) is 0 Å². The van der Waals surface area contributed by atoms with E-state index in [1.807, 2.05) is 51.1 Å². The highest BCUT2D eigenvalue weighted by atomic mass is 16.5. The van der Waals surface area contributed by atoms with Gasteiger partial charge in [0.1, 0.15) is 5.75 Å². The van der Waals surface area contributed by atoms with Crippen LogP contribution < -0.4 is 4.74 Å². The minimum absolute atomic E-state index is 0.0417. The van der Waals surface area contributed by atoms with E-state index in [0.717, 1.165) is 5.75 Å². The summed E-state index contributed by atoms with van der Waals surface area (Å²) in [5, 5.41) is 0. The molecule has 0 fully saturated rings. The zero-order valence-electron chi connectivity index (χ0n) is 9.70. The maximum absolute atomic E-state index is 4.94. The van der Waals surface area contributed by atoms with Crippen LogP contribution >= 0.6 is 0 Å². The summed E-state index contributed by atoms with van der Waals surface area (Å²) in [7, 11) is 3.37. The molecule has 0 unspecified atom stereocenters. The molecule has 1 aromatic rings. The standard InChI is InChI=1S/C7H8O.C5H12O/c1-8-7-5-3-2-4-6-7;1-5(2,3)6-4/h2-6H,1H3;1-4H3. The molecule has 14 heavy (non-hydrogen) atoms. The summed E-state index contributed by atoms with van der Waals surface area (Å²) in [6.07, 6.45) is 0. The van der Waals surface area contributed by atoms with Gasteiger partial charge in [0.25, 0.3) is 0 Å². The van der Waals surface area contributed by atoms with Gasteiger partial charge >= 0.3 is 0 Å². The van der Waals surface area contributed by atoms with Crippen molar-refractivity contribution in [1.29, 1.82) is 0 Å². The van der Waals surface area contributed by atoms with Gasteiger partial charge < -0.3 is 9.47 Å². The second-order valence-electron chi connectivity index (χ2n) is 3.83. The van der Waals surface area contributed by atoms with Crippen LogP contribution in [0, 0.1) is 0 Å². The van der Waals surface area contributed by atoms with E-state index < -0.39 is 0 Å². The average molecular weight is 196 g/mol. The van der Waals surface area contributed by atoms with Crippen molar-refractivity contribution in [2.75, 3.05) is 14.2 Å². The third kappa shape index (κ3) is 7.62. The maximum atomic E-state index is 4.94. The summed E-state index contributed by atoms with van der Waals surface area (Å²) in [4.78, 5) is 0. The first-order valence-electron chi connectivity index (χ1n) is 4.64. The highest BCUT2D eigenvalue weighted by Gasteiger charge is 2.03. The number of rotatable bonds is 1. The summed E-state index contributed by atoms with van der Waals surface area (Å²) < 4.78 is 9.85. The Labute approximate surface area is 86.9 Å². The number of benzene rings is 1. The van der Waals surface area contributed by atoms with Crippen LogP contribution in [0.3, 0.4) is 0 Å². The Morgan fingerprint density at radius 2 is 1.36 bits per heavy atom. The molecule has 0 aliphatic carbocycles. The van der Waals surface area contributed by atoms with Gasteiger partial charge in [-0.2, -0.15) is 0 Å². The average Bonchev–Trinajstić information content (AvgIpc) is 2.19. The van der Waals surface area contributed by atoms with E-state index in [-0.39, 0.29) is 5.60 Å². The van der Waals surface area contributed by atoms with E-state index in [0.29, 0.717) is 0 Å². The van der Waals surface area contributed by atoms with Gasteiger partial charge in [0, 0.05) is 7.11 Å². The molecule has 0 radical (unpaired) electrons. The molecule has 0 aromatic heterocycles. The van der Waals surface area contributed by atoms with Crippen LogP contribution in [0.4, 0.5) is 0 Å². The molecular formula is C12H20O2. The van der Waals surface area contributed by atoms with Gasteiger partial charge in [0.05, 0.1) is 12.7 Å². The van der Waals surface area contributed by atoms with Gasteiger partial charge in [-0.05, 0) is 32.9 Å². The minimum atomic E-state index is 0.0417. The Kier molecular flexibility index (Phi) is 5.97. The third-order valence-corrected chi connectivity index (χ3v) is 1.59. The SMILES string of the molecule is COC(C)(C)C.COc1ccccc1. The van der Waals surface area contributed by atoms with Crippen LogP contribution in [0.5, 0.6) is 5.75 Å². The molecule has 0 bridgehead atoms. The van der Waals surface area contributed by atoms with Crippen molar-refractivity contribution in [2.45, 2.75) is 26.4 Å². The zero-order valence-corrected chi connectivity index (χ0v) is 9.70. The van der Waals surface area contributed by atoms with Crippen molar-refractivity contribution in [3.05, 3.63) is 30.3 Å². The smallest absolute Gasteiger partial charge is 0.118 e. The van der Waals surface area contributed by atoms with Gasteiger partial charge in [0.15, 0.2) is 0 Å². The summed E-state index contributed by atoms with van der Waals surface area (Å²) in [6, 6.07) is 9.68. The minimum Gasteiger partial charge on any atom is -0.497 e. The van der Waals surface area contributed by atoms with Crippen molar-refractivity contribution in [1.82, 2.24) is 0 Å². The van der Waals surface area contributed by atoms with Crippen LogP contribution in [0.2, 0.25) is 0 Å². The molecular weight excluding hydrogens is 176 g/mol. The van der Waals surface area contributed by atoms with E-state index in [9.17, 15) is 0 Å². The number of ether oxygens (including phenoxy) is 2. The molecule has 0 saturated carbocycles. The van der Waals surface area contributed by atoms with Crippen LogP contribution in [-0.4, -0.2) is 19.8 Å². The number of methoxy groups -OCH3 is 2. The third-order valence-electron chi connectivity index (χ3n) is 1.59. The highest BCUT2D eigenvalue weighted by Crippen LogP contribution is 2.05. The lowest BCUT2D eigenvalue weighted by molar-refractivity contribution is 0.0397. The van der Waals surface area contributed by atoms with Crippen molar-refractivity contribution in [3.8, 4) is 5.75 Å². The van der Waals surface area contributed by atoms with Gasteiger partial charge in [-0.15, -0.1) is 0 Å². The monoisotopic (exact) mass is 196 g/mol. The molecule has 2 heteroatoms. The first-order chi connectivity index (χ1) is 6.49. The lowest BCUT2D eigenvalue weighted by Gasteiger charge is -2.14. The predicted octanol–water partition coefficient (Wildman–Crippen LogP) is 3.13. The van der Waals surface area contributed by atoms with E-state index in [1.54, 1.807) is 14.2 Å². The Morgan fingerprint density at radius 1 is 0.929 bits per heavy atom. The largest absolute Gasteiger partial charge is 0.497 e. The molecule has 1 rings (SSSR count). The molecule has 0 heterocycles. The highest BCUT2D eigenvalue weighted by molar-refractivity contribution is 5.20. The van der Waals surface area contributed by atoms with Crippen LogP contribution in [0.25, 0.3) is 0 Å². The Bertz CT molecular complexity index is 224. The molecule has 80 valence electrons. The topological polar surface area (TPSA) is 18.5 Å². The van der Waals surface area contributed by atoms with E-state index in [2.05, 4.69) is 0 Å². The predicted molar refractivity (Wildman–Crippen MR) is 59.8 cm³/mol. The molecule has 2 nitrogen and oxygen atoms in total. The Balaban J connectivity index is 0.000000255. The molecule has 0 atom stereocenters. The van der Waals surface area contributed by atoms with Gasteiger partial charge in [-0.3, -0.25) is 0 Å². The van der Waals surface area contributed by atoms with Crippen LogP contribution in [0.15, 0.2) is 30.3 Å². The summed E-state index contributed by atoms with van der Waals surface area (Å²) in [6.45, 7) is 6.06. The van der Waals surface area contributed by atoms with Crippen molar-refractivity contribution >= 4 is 0 Å². The molecule has 1 aromatic carbocycles. The first-order valence-corrected chi connectivity index (χ1v) is 4.64. The quantitative estimate of drug-likeness (QED) is 0.687. The fourth-order valence-electron chi connectivity index (χ4n) is 0.557. The maximum Gasteiger partial charge on any atom is 0.118 e. The first kappa shape index (κ1) is 13.0. The summed E-state index contributed by atoms with van der Waals surface area (Å²) in [5.74, 6) is 0.910. The van der Waals surface area contributed by atoms with Crippen molar-refractivity contribution in [3.63, 3.8) is 0 Å². The van der Waals surface area contributed by atoms with Crippen LogP contribution in [-0.2, 0) is 4.74 Å². The molecule has 0 spiro atoms. The molecule has 0 amide bonds. The Morgan fingerprint density at radius 3 is 1.57 bits per heavy atom. The Hall–Kier alpha value is -1.02. The second kappa shape index (κ2) is 6.44. The van der Waals surface area contributed by atoms with Gasteiger partial charge in [-0.1, -0.05) is 18.2 Å². The second-order valence-corrected chi connectivity index (χ2v) is 3.83. The van der Waals surface area contributed by atoms with Crippen LogP contribution in [0.1, 0.15) is 20.8 Å². The zero-order chi connectivity index (χ0) is 11.0. The van der Waals surface area contributed by atoms with E-state index >= 15 is 0 Å². The normalized spacial score (nSPS) is 10.1. The lowest BCUT2D eigenvalue weighted by atomic mass is 10.2. The molecule has 0 saturated heterocycles.